The molecule has 178 valence electrons. The number of terminal acetylenes is 1. The molecule has 6 heteroatoms. The van der Waals surface area contributed by atoms with Gasteiger partial charge in [0.15, 0.2) is 5.82 Å². The summed E-state index contributed by atoms with van der Waals surface area (Å²) in [5.74, 6) is 1.89. The molecule has 0 aliphatic carbocycles. The average molecular weight is 465 g/mol. The lowest BCUT2D eigenvalue weighted by Gasteiger charge is -2.05. The van der Waals surface area contributed by atoms with Gasteiger partial charge in [-0.05, 0) is 43.0 Å². The normalized spacial score (nSPS) is 12.5. The summed E-state index contributed by atoms with van der Waals surface area (Å²) in [4.78, 5) is 16.1. The van der Waals surface area contributed by atoms with Crippen LogP contribution in [0.1, 0.15) is 37.1 Å². The number of nitrogens with zero attached hydrogens (tertiary/aromatic N) is 2. The zero-order valence-corrected chi connectivity index (χ0v) is 20.4. The number of hydrogen-bond acceptors (Lipinski definition) is 4. The summed E-state index contributed by atoms with van der Waals surface area (Å²) in [6.45, 7) is 6.99. The minimum Gasteiger partial charge on any atom is -0.382 e. The molecule has 0 atom stereocenters. The first-order chi connectivity index (χ1) is 17.2. The predicted octanol–water partition coefficient (Wildman–Crippen LogP) is 5.53. The standard InChI is InChI=1S/C27H30N6.C2H2/c1-3-14-28-17-25-30-16-24(32-25)21-10-6-19(7-11-21)20-8-12-22(13-9-20)26-18(2)31-27(33-26)23-5-4-15-29-23;1-2/h5-13,16,28-29H,3-4,14-15,17H2,1-2H3,(H,30,32)(H,31,33);1-2H. The van der Waals surface area contributed by atoms with E-state index in [9.17, 15) is 0 Å². The molecule has 2 aromatic carbocycles. The molecule has 0 amide bonds. The minimum atomic E-state index is 0.767. The summed E-state index contributed by atoms with van der Waals surface area (Å²) in [6.07, 6.45) is 14.3. The molecule has 5 rings (SSSR count). The van der Waals surface area contributed by atoms with Crippen LogP contribution in [0.25, 0.3) is 39.3 Å². The molecule has 1 aliphatic rings. The van der Waals surface area contributed by atoms with E-state index in [0.29, 0.717) is 0 Å². The van der Waals surface area contributed by atoms with Gasteiger partial charge in [0.05, 0.1) is 29.8 Å². The number of rotatable bonds is 8. The van der Waals surface area contributed by atoms with Gasteiger partial charge in [0.1, 0.15) is 5.82 Å². The maximum Gasteiger partial charge on any atom is 0.154 e. The number of H-pyrrole nitrogens is 2. The highest BCUT2D eigenvalue weighted by molar-refractivity contribution is 5.73. The molecule has 0 spiro atoms. The zero-order valence-electron chi connectivity index (χ0n) is 20.4. The van der Waals surface area contributed by atoms with Crippen molar-refractivity contribution in [3.05, 3.63) is 78.1 Å². The Bertz CT molecular complexity index is 1290. The molecule has 4 aromatic rings. The van der Waals surface area contributed by atoms with E-state index in [-0.39, 0.29) is 0 Å². The average Bonchev–Trinajstić information content (AvgIpc) is 3.67. The van der Waals surface area contributed by atoms with Gasteiger partial charge in [0, 0.05) is 17.8 Å². The summed E-state index contributed by atoms with van der Waals surface area (Å²) in [5, 5.41) is 6.76. The fourth-order valence-corrected chi connectivity index (χ4v) is 4.19. The molecule has 1 aliphatic heterocycles. The lowest BCUT2D eigenvalue weighted by atomic mass is 10.0. The third kappa shape index (κ3) is 5.53. The summed E-state index contributed by atoms with van der Waals surface area (Å²) < 4.78 is 0. The highest BCUT2D eigenvalue weighted by Crippen LogP contribution is 2.28. The van der Waals surface area contributed by atoms with Crippen LogP contribution in [-0.4, -0.2) is 33.0 Å². The quantitative estimate of drug-likeness (QED) is 0.204. The van der Waals surface area contributed by atoms with Crippen LogP contribution in [0.15, 0.2) is 60.8 Å². The number of nitrogens with one attached hydrogen (secondary N) is 4. The molecule has 0 fully saturated rings. The summed E-state index contributed by atoms with van der Waals surface area (Å²) in [6, 6.07) is 17.2. The largest absolute Gasteiger partial charge is 0.382 e. The van der Waals surface area contributed by atoms with Crippen LogP contribution in [-0.2, 0) is 6.54 Å². The van der Waals surface area contributed by atoms with Crippen LogP contribution in [0.3, 0.4) is 0 Å². The van der Waals surface area contributed by atoms with Crippen LogP contribution in [0.4, 0.5) is 0 Å². The highest BCUT2D eigenvalue weighted by Gasteiger charge is 2.14. The van der Waals surface area contributed by atoms with Gasteiger partial charge in [0.2, 0.25) is 0 Å². The second-order valence-corrected chi connectivity index (χ2v) is 8.47. The first-order valence-corrected chi connectivity index (χ1v) is 12.0. The van der Waals surface area contributed by atoms with Crippen LogP contribution in [0.2, 0.25) is 0 Å². The van der Waals surface area contributed by atoms with Crippen molar-refractivity contribution in [2.24, 2.45) is 0 Å². The molecule has 35 heavy (non-hydrogen) atoms. The lowest BCUT2D eigenvalue weighted by molar-refractivity contribution is 0.655. The van der Waals surface area contributed by atoms with Crippen LogP contribution < -0.4 is 10.6 Å². The van der Waals surface area contributed by atoms with Crippen molar-refractivity contribution in [1.82, 2.24) is 30.6 Å². The van der Waals surface area contributed by atoms with E-state index in [4.69, 9.17) is 4.98 Å². The topological polar surface area (TPSA) is 81.4 Å². The van der Waals surface area contributed by atoms with Crippen molar-refractivity contribution >= 4 is 5.70 Å². The maximum atomic E-state index is 4.83. The Balaban J connectivity index is 0.00000141. The molecule has 0 radical (unpaired) electrons. The molecule has 4 N–H and O–H groups in total. The van der Waals surface area contributed by atoms with Crippen molar-refractivity contribution in [2.45, 2.75) is 33.2 Å². The summed E-state index contributed by atoms with van der Waals surface area (Å²) in [7, 11) is 0. The third-order valence-electron chi connectivity index (χ3n) is 5.98. The zero-order chi connectivity index (χ0) is 24.6. The Morgan fingerprint density at radius 2 is 1.57 bits per heavy atom. The van der Waals surface area contributed by atoms with Gasteiger partial charge in [-0.3, -0.25) is 0 Å². The molecular formula is C29H32N6. The monoisotopic (exact) mass is 464 g/mol. The van der Waals surface area contributed by atoms with Crippen molar-refractivity contribution in [2.75, 3.05) is 13.1 Å². The van der Waals surface area contributed by atoms with Gasteiger partial charge in [0.25, 0.3) is 0 Å². The van der Waals surface area contributed by atoms with Gasteiger partial charge in [-0.15, -0.1) is 12.8 Å². The minimum absolute atomic E-state index is 0.767. The Kier molecular flexibility index (Phi) is 7.81. The third-order valence-corrected chi connectivity index (χ3v) is 5.98. The molecule has 3 heterocycles. The molecular weight excluding hydrogens is 432 g/mol. The number of imidazole rings is 2. The smallest absolute Gasteiger partial charge is 0.154 e. The predicted molar refractivity (Wildman–Crippen MR) is 144 cm³/mol. The van der Waals surface area contributed by atoms with Crippen molar-refractivity contribution in [3.8, 4) is 46.5 Å². The number of hydrogen-bond donors (Lipinski definition) is 4. The van der Waals surface area contributed by atoms with Crippen LogP contribution >= 0.6 is 0 Å². The first kappa shape index (κ1) is 24.1. The Morgan fingerprint density at radius 3 is 2.20 bits per heavy atom. The molecule has 0 saturated heterocycles. The van der Waals surface area contributed by atoms with E-state index in [0.717, 1.165) is 78.0 Å². The van der Waals surface area contributed by atoms with Crippen LogP contribution in [0, 0.1) is 19.8 Å². The second-order valence-electron chi connectivity index (χ2n) is 8.47. The fraction of sp³-hybridized carbons (Fsp3) is 0.241. The number of benzene rings is 2. The van der Waals surface area contributed by atoms with Gasteiger partial charge < -0.3 is 20.6 Å². The number of aryl methyl sites for hydroxylation is 1. The van der Waals surface area contributed by atoms with E-state index in [2.05, 4.69) is 107 Å². The molecule has 0 unspecified atom stereocenters. The van der Waals surface area contributed by atoms with Crippen molar-refractivity contribution in [1.29, 1.82) is 0 Å². The van der Waals surface area contributed by atoms with Gasteiger partial charge in [-0.2, -0.15) is 0 Å². The Morgan fingerprint density at radius 1 is 0.914 bits per heavy atom. The van der Waals surface area contributed by atoms with E-state index >= 15 is 0 Å². The summed E-state index contributed by atoms with van der Waals surface area (Å²) in [5.41, 5.74) is 8.87. The lowest BCUT2D eigenvalue weighted by Crippen LogP contribution is -2.14. The molecule has 6 nitrogen and oxygen atoms in total. The highest BCUT2D eigenvalue weighted by atomic mass is 15.0. The Labute approximate surface area is 207 Å². The van der Waals surface area contributed by atoms with Gasteiger partial charge in [-0.1, -0.05) is 61.5 Å². The first-order valence-electron chi connectivity index (χ1n) is 12.0. The van der Waals surface area contributed by atoms with E-state index < -0.39 is 0 Å². The van der Waals surface area contributed by atoms with Gasteiger partial charge in [-0.25, -0.2) is 9.97 Å². The van der Waals surface area contributed by atoms with Crippen molar-refractivity contribution < 1.29 is 0 Å². The molecule has 2 aromatic heterocycles. The van der Waals surface area contributed by atoms with Crippen molar-refractivity contribution in [3.63, 3.8) is 0 Å². The van der Waals surface area contributed by atoms with E-state index in [1.165, 1.54) is 11.1 Å². The van der Waals surface area contributed by atoms with Gasteiger partial charge >= 0.3 is 0 Å². The van der Waals surface area contributed by atoms with Crippen LogP contribution in [0.5, 0.6) is 0 Å². The number of aromatic nitrogens is 4. The SMILES string of the molecule is C#C.CCCNCc1ncc(-c2ccc(-c3ccc(-c4nc(C5=CCCN5)[nH]c4C)cc3)cc2)[nH]1. The second kappa shape index (κ2) is 11.4. The molecule has 0 saturated carbocycles. The fourth-order valence-electron chi connectivity index (χ4n) is 4.19. The van der Waals surface area contributed by atoms with E-state index in [1.54, 1.807) is 0 Å². The Hall–Kier alpha value is -4.08. The number of aromatic amines is 2. The maximum absolute atomic E-state index is 4.83. The molecule has 0 bridgehead atoms. The summed E-state index contributed by atoms with van der Waals surface area (Å²) >= 11 is 0. The van der Waals surface area contributed by atoms with E-state index in [1.807, 2.05) is 6.20 Å².